The van der Waals surface area contributed by atoms with E-state index in [2.05, 4.69) is 120 Å². The Morgan fingerprint density at radius 3 is 2.25 bits per heavy atom. The molecule has 2 heterocycles. The van der Waals surface area contributed by atoms with Crippen LogP contribution in [0, 0.1) is 0 Å². The van der Waals surface area contributed by atoms with E-state index in [1.165, 1.54) is 49.5 Å². The Hall–Kier alpha value is -4.08. The fourth-order valence-corrected chi connectivity index (χ4v) is 6.46. The lowest BCUT2D eigenvalue weighted by molar-refractivity contribution is -0.666. The lowest BCUT2D eigenvalue weighted by atomic mass is 9.84. The normalized spacial score (nSPS) is 12.3. The van der Waals surface area contributed by atoms with Gasteiger partial charge in [-0.1, -0.05) is 91.0 Å². The smallest absolute Gasteiger partial charge is 0.230 e. The van der Waals surface area contributed by atoms with E-state index in [0.717, 1.165) is 29.9 Å². The van der Waals surface area contributed by atoms with Crippen LogP contribution >= 0.6 is 11.3 Å². The number of aryl methyl sites for hydroxylation is 1. The number of nitrogens with zero attached hydrogens (tertiary/aromatic N) is 2. The molecule has 0 aliphatic heterocycles. The molecule has 2 nitrogen and oxygen atoms in total. The fourth-order valence-electron chi connectivity index (χ4n) is 5.47. The van der Waals surface area contributed by atoms with Gasteiger partial charge in [-0.25, -0.2) is 4.98 Å². The minimum atomic E-state index is 0.803. The molecule has 172 valence electrons. The van der Waals surface area contributed by atoms with Crippen molar-refractivity contribution in [3.63, 3.8) is 0 Å². The first kappa shape index (κ1) is 21.2. The molecule has 4 aromatic carbocycles. The van der Waals surface area contributed by atoms with Crippen molar-refractivity contribution >= 4 is 21.6 Å². The summed E-state index contributed by atoms with van der Waals surface area (Å²) >= 11 is 1.78. The van der Waals surface area contributed by atoms with Crippen molar-refractivity contribution in [3.8, 4) is 33.1 Å². The van der Waals surface area contributed by atoms with Gasteiger partial charge in [-0.2, -0.15) is 4.57 Å². The first-order valence-corrected chi connectivity index (χ1v) is 13.3. The van der Waals surface area contributed by atoms with Gasteiger partial charge < -0.3 is 0 Å². The molecular weight excluding hydrogens is 456 g/mol. The predicted octanol–water partition coefficient (Wildman–Crippen LogP) is 7.73. The molecule has 0 spiro atoms. The molecule has 3 heteroatoms. The summed E-state index contributed by atoms with van der Waals surface area (Å²) < 4.78 is 3.74. The zero-order valence-corrected chi connectivity index (χ0v) is 20.7. The highest BCUT2D eigenvalue weighted by atomic mass is 32.1. The van der Waals surface area contributed by atoms with Crippen molar-refractivity contribution in [2.45, 2.75) is 19.4 Å². The molecule has 0 unspecified atom stereocenters. The van der Waals surface area contributed by atoms with Crippen molar-refractivity contribution in [1.82, 2.24) is 4.98 Å². The third-order valence-corrected chi connectivity index (χ3v) is 8.21. The molecule has 0 saturated heterocycles. The van der Waals surface area contributed by atoms with Crippen LogP contribution in [0.1, 0.15) is 16.7 Å². The summed E-state index contributed by atoms with van der Waals surface area (Å²) in [6, 6.07) is 41.4. The highest BCUT2D eigenvalue weighted by Gasteiger charge is 2.33. The largest absolute Gasteiger partial charge is 0.242 e. The molecule has 0 N–H and O–H groups in total. The van der Waals surface area contributed by atoms with Gasteiger partial charge in [0.1, 0.15) is 0 Å². The maximum atomic E-state index is 5.12. The number of hydrogen-bond acceptors (Lipinski definition) is 2. The average Bonchev–Trinajstić information content (AvgIpc) is 3.38. The van der Waals surface area contributed by atoms with Gasteiger partial charge in [0.15, 0.2) is 11.6 Å². The van der Waals surface area contributed by atoms with Crippen molar-refractivity contribution < 1.29 is 4.57 Å². The van der Waals surface area contributed by atoms with E-state index in [-0.39, 0.29) is 0 Å². The summed E-state index contributed by atoms with van der Waals surface area (Å²) in [6.45, 7) is 0.803. The zero-order chi connectivity index (χ0) is 23.9. The second kappa shape index (κ2) is 8.85. The standard InChI is InChI=1S/C33H25N2S/c1-3-11-23(12-4-1)22-35-30(33-34-29-17-9-10-18-31(29)36-33)21-28(24-13-5-2-6-14-24)27-20-19-25-15-7-8-16-26(25)32(27)35/h1-18,21H,19-20,22H2/q+1. The minimum absolute atomic E-state index is 0.803. The SMILES string of the molecule is c1ccc(C[n+]2c(-c3nc4ccccc4s3)cc(-c3ccccc3)c3c2-c2ccccc2CC3)cc1. The van der Waals surface area contributed by atoms with Gasteiger partial charge >= 0.3 is 0 Å². The quantitative estimate of drug-likeness (QED) is 0.235. The second-order valence-electron chi connectivity index (χ2n) is 9.35. The summed E-state index contributed by atoms with van der Waals surface area (Å²) in [7, 11) is 0. The van der Waals surface area contributed by atoms with Gasteiger partial charge in [0.25, 0.3) is 0 Å². The van der Waals surface area contributed by atoms with Crippen LogP contribution in [0.2, 0.25) is 0 Å². The fraction of sp³-hybridized carbons (Fsp3) is 0.0909. The number of thiazole rings is 1. The van der Waals surface area contributed by atoms with E-state index in [9.17, 15) is 0 Å². The van der Waals surface area contributed by atoms with E-state index in [1.807, 2.05) is 0 Å². The number of aromatic nitrogens is 2. The van der Waals surface area contributed by atoms with Crippen LogP contribution in [0.15, 0.2) is 115 Å². The van der Waals surface area contributed by atoms with E-state index in [1.54, 1.807) is 11.3 Å². The van der Waals surface area contributed by atoms with Crippen LogP contribution in [0.3, 0.4) is 0 Å². The van der Waals surface area contributed by atoms with Gasteiger partial charge in [0, 0.05) is 22.8 Å². The minimum Gasteiger partial charge on any atom is -0.230 e. The van der Waals surface area contributed by atoms with E-state index < -0.39 is 0 Å². The molecule has 1 aliphatic carbocycles. The number of pyridine rings is 1. The second-order valence-corrected chi connectivity index (χ2v) is 10.4. The number of benzene rings is 4. The molecule has 0 amide bonds. The predicted molar refractivity (Wildman–Crippen MR) is 149 cm³/mol. The number of rotatable bonds is 4. The summed E-state index contributed by atoms with van der Waals surface area (Å²) in [4.78, 5) is 5.12. The van der Waals surface area contributed by atoms with Crippen LogP contribution in [0.4, 0.5) is 0 Å². The van der Waals surface area contributed by atoms with Crippen molar-refractivity contribution in [3.05, 3.63) is 132 Å². The van der Waals surface area contributed by atoms with E-state index >= 15 is 0 Å². The summed E-state index contributed by atoms with van der Waals surface area (Å²) in [6.07, 6.45) is 2.10. The van der Waals surface area contributed by atoms with Crippen molar-refractivity contribution in [1.29, 1.82) is 0 Å². The average molecular weight is 482 g/mol. The highest BCUT2D eigenvalue weighted by Crippen LogP contribution is 2.40. The lowest BCUT2D eigenvalue weighted by Crippen LogP contribution is -2.41. The summed E-state index contributed by atoms with van der Waals surface area (Å²) in [5.74, 6) is 0. The monoisotopic (exact) mass is 481 g/mol. The highest BCUT2D eigenvalue weighted by molar-refractivity contribution is 7.21. The molecule has 1 aliphatic rings. The van der Waals surface area contributed by atoms with E-state index in [0.29, 0.717) is 0 Å². The Kier molecular flexibility index (Phi) is 5.22. The van der Waals surface area contributed by atoms with Crippen molar-refractivity contribution in [2.75, 3.05) is 0 Å². The first-order valence-electron chi connectivity index (χ1n) is 12.5. The van der Waals surface area contributed by atoms with Gasteiger partial charge in [-0.15, -0.1) is 11.3 Å². The third kappa shape index (κ3) is 3.64. The van der Waals surface area contributed by atoms with Gasteiger partial charge in [0.05, 0.1) is 10.2 Å². The Morgan fingerprint density at radius 2 is 1.42 bits per heavy atom. The molecule has 7 rings (SSSR count). The van der Waals surface area contributed by atoms with Crippen LogP contribution in [-0.2, 0) is 19.4 Å². The Labute approximate surface area is 215 Å². The third-order valence-electron chi connectivity index (χ3n) is 7.15. The lowest BCUT2D eigenvalue weighted by Gasteiger charge is -2.22. The molecule has 0 bridgehead atoms. The van der Waals surface area contributed by atoms with Crippen LogP contribution in [0.5, 0.6) is 0 Å². The summed E-state index contributed by atoms with van der Waals surface area (Å²) in [5.41, 5.74) is 11.6. The molecule has 36 heavy (non-hydrogen) atoms. The molecule has 6 aromatic rings. The molecule has 0 atom stereocenters. The van der Waals surface area contributed by atoms with E-state index in [4.69, 9.17) is 4.98 Å². The molecule has 0 fully saturated rings. The van der Waals surface area contributed by atoms with Gasteiger partial charge in [-0.05, 0) is 47.7 Å². The maximum absolute atomic E-state index is 5.12. The number of hydrogen-bond donors (Lipinski definition) is 0. The first-order chi connectivity index (χ1) is 17.8. The van der Waals surface area contributed by atoms with Crippen LogP contribution in [0.25, 0.3) is 43.3 Å². The van der Waals surface area contributed by atoms with Gasteiger partial charge in [-0.3, -0.25) is 0 Å². The number of para-hydroxylation sites is 1. The summed E-state index contributed by atoms with van der Waals surface area (Å²) in [5, 5.41) is 1.06. The topological polar surface area (TPSA) is 16.8 Å². The Morgan fingerprint density at radius 1 is 0.694 bits per heavy atom. The van der Waals surface area contributed by atoms with Crippen molar-refractivity contribution in [2.24, 2.45) is 0 Å². The molecule has 2 aromatic heterocycles. The molecular formula is C33H25N2S+. The van der Waals surface area contributed by atoms with Gasteiger partial charge in [0.2, 0.25) is 11.4 Å². The molecule has 0 radical (unpaired) electrons. The number of fused-ring (bicyclic) bond motifs is 4. The Balaban J connectivity index is 1.58. The Bertz CT molecular complexity index is 1670. The molecule has 0 saturated carbocycles. The zero-order valence-electron chi connectivity index (χ0n) is 19.9. The maximum Gasteiger partial charge on any atom is 0.242 e. The van der Waals surface area contributed by atoms with Crippen LogP contribution in [-0.4, -0.2) is 4.98 Å². The van der Waals surface area contributed by atoms with Crippen LogP contribution < -0.4 is 4.57 Å².